The maximum atomic E-state index is 11.6. The minimum absolute atomic E-state index is 0.0733. The van der Waals surface area contributed by atoms with Gasteiger partial charge < -0.3 is 10.4 Å². The van der Waals surface area contributed by atoms with E-state index in [1.807, 2.05) is 0 Å². The van der Waals surface area contributed by atoms with Crippen LogP contribution in [0.25, 0.3) is 0 Å². The average Bonchev–Trinajstić information content (AvgIpc) is 1.87. The van der Waals surface area contributed by atoms with Crippen molar-refractivity contribution in [2.24, 2.45) is 5.41 Å². The highest BCUT2D eigenvalue weighted by Crippen LogP contribution is 2.17. The van der Waals surface area contributed by atoms with E-state index in [0.717, 1.165) is 13.0 Å². The lowest BCUT2D eigenvalue weighted by molar-refractivity contribution is 0.206. The molecule has 2 N–H and O–H groups in total. The summed E-state index contributed by atoms with van der Waals surface area (Å²) in [5.41, 5.74) is 0.0733. The molecule has 68 valence electrons. The summed E-state index contributed by atoms with van der Waals surface area (Å²) in [6.45, 7) is 5.15. The summed E-state index contributed by atoms with van der Waals surface area (Å²) in [7, 11) is 0. The topological polar surface area (TPSA) is 32.3 Å². The van der Waals surface area contributed by atoms with Gasteiger partial charge in [-0.2, -0.15) is 0 Å². The van der Waals surface area contributed by atoms with Crippen LogP contribution in [0.3, 0.4) is 0 Å². The van der Waals surface area contributed by atoms with Gasteiger partial charge in [0.05, 0.1) is 0 Å². The van der Waals surface area contributed by atoms with Gasteiger partial charge in [-0.25, -0.2) is 4.39 Å². The van der Waals surface area contributed by atoms with Gasteiger partial charge in [-0.1, -0.05) is 13.8 Å². The van der Waals surface area contributed by atoms with Crippen molar-refractivity contribution in [2.75, 3.05) is 26.4 Å². The normalized spacial score (nSPS) is 12.0. The van der Waals surface area contributed by atoms with Crippen molar-refractivity contribution in [1.29, 1.82) is 0 Å². The van der Waals surface area contributed by atoms with Crippen molar-refractivity contribution in [3.8, 4) is 0 Å². The van der Waals surface area contributed by atoms with E-state index < -0.39 is 0 Å². The third-order valence-corrected chi connectivity index (χ3v) is 1.66. The van der Waals surface area contributed by atoms with Gasteiger partial charge in [-0.15, -0.1) is 0 Å². The SMILES string of the molecule is CC(C)(CCO)CNCCF. The Kier molecular flexibility index (Phi) is 5.42. The fourth-order valence-corrected chi connectivity index (χ4v) is 0.885. The van der Waals surface area contributed by atoms with Crippen LogP contribution in [0.2, 0.25) is 0 Å². The van der Waals surface area contributed by atoms with Crippen LogP contribution in [-0.4, -0.2) is 31.5 Å². The van der Waals surface area contributed by atoms with Crippen LogP contribution < -0.4 is 5.32 Å². The van der Waals surface area contributed by atoms with Gasteiger partial charge in [0.1, 0.15) is 6.67 Å². The van der Waals surface area contributed by atoms with Crippen molar-refractivity contribution >= 4 is 0 Å². The third-order valence-electron chi connectivity index (χ3n) is 1.66. The summed E-state index contributed by atoms with van der Waals surface area (Å²) in [5, 5.41) is 11.6. The van der Waals surface area contributed by atoms with E-state index in [1.165, 1.54) is 0 Å². The summed E-state index contributed by atoms with van der Waals surface area (Å²) >= 11 is 0. The van der Waals surface area contributed by atoms with Crippen molar-refractivity contribution in [3.63, 3.8) is 0 Å². The molecule has 0 aromatic carbocycles. The van der Waals surface area contributed by atoms with E-state index in [1.54, 1.807) is 0 Å². The van der Waals surface area contributed by atoms with E-state index in [-0.39, 0.29) is 18.7 Å². The molecule has 2 nitrogen and oxygen atoms in total. The lowest BCUT2D eigenvalue weighted by Crippen LogP contribution is -2.31. The Labute approximate surface area is 67.8 Å². The Balaban J connectivity index is 3.38. The third kappa shape index (κ3) is 6.26. The predicted octanol–water partition coefficient (Wildman–Crippen LogP) is 0.954. The zero-order valence-corrected chi connectivity index (χ0v) is 7.36. The van der Waals surface area contributed by atoms with E-state index in [9.17, 15) is 4.39 Å². The maximum absolute atomic E-state index is 11.6. The molecule has 11 heavy (non-hydrogen) atoms. The number of halogens is 1. The smallest absolute Gasteiger partial charge is 0.102 e. The Morgan fingerprint density at radius 3 is 2.55 bits per heavy atom. The molecular formula is C8H18FNO. The molecular weight excluding hydrogens is 145 g/mol. The highest BCUT2D eigenvalue weighted by molar-refractivity contribution is 4.70. The van der Waals surface area contributed by atoms with Gasteiger partial charge in [0.25, 0.3) is 0 Å². The molecule has 0 spiro atoms. The molecule has 0 rings (SSSR count). The highest BCUT2D eigenvalue weighted by atomic mass is 19.1. The Hall–Kier alpha value is -0.150. The number of aliphatic hydroxyl groups excluding tert-OH is 1. The summed E-state index contributed by atoms with van der Waals surface area (Å²) in [5.74, 6) is 0. The van der Waals surface area contributed by atoms with E-state index in [2.05, 4.69) is 19.2 Å². The standard InChI is InChI=1S/C8H18FNO/c1-8(2,3-6-11)7-10-5-4-9/h10-11H,3-7H2,1-2H3. The van der Waals surface area contributed by atoms with Crippen LogP contribution in [0.1, 0.15) is 20.3 Å². The number of aliphatic hydroxyl groups is 1. The predicted molar refractivity (Wildman–Crippen MR) is 44.3 cm³/mol. The zero-order valence-electron chi connectivity index (χ0n) is 7.36. The van der Waals surface area contributed by atoms with Crippen molar-refractivity contribution in [1.82, 2.24) is 5.32 Å². The summed E-state index contributed by atoms with van der Waals surface area (Å²) in [6, 6.07) is 0. The fourth-order valence-electron chi connectivity index (χ4n) is 0.885. The second kappa shape index (κ2) is 5.49. The van der Waals surface area contributed by atoms with Crippen LogP contribution in [0.15, 0.2) is 0 Å². The monoisotopic (exact) mass is 163 g/mol. The zero-order chi connectivity index (χ0) is 8.74. The highest BCUT2D eigenvalue weighted by Gasteiger charge is 2.15. The molecule has 0 aliphatic rings. The molecule has 0 aromatic rings. The summed E-state index contributed by atoms with van der Waals surface area (Å²) in [4.78, 5) is 0. The minimum Gasteiger partial charge on any atom is -0.396 e. The second-order valence-electron chi connectivity index (χ2n) is 3.50. The second-order valence-corrected chi connectivity index (χ2v) is 3.50. The van der Waals surface area contributed by atoms with E-state index >= 15 is 0 Å². The average molecular weight is 163 g/mol. The van der Waals surface area contributed by atoms with Gasteiger partial charge >= 0.3 is 0 Å². The van der Waals surface area contributed by atoms with Crippen LogP contribution in [0, 0.1) is 5.41 Å². The van der Waals surface area contributed by atoms with Crippen LogP contribution in [-0.2, 0) is 0 Å². The Morgan fingerprint density at radius 2 is 2.09 bits per heavy atom. The maximum Gasteiger partial charge on any atom is 0.102 e. The lowest BCUT2D eigenvalue weighted by atomic mass is 9.90. The summed E-state index contributed by atoms with van der Waals surface area (Å²) < 4.78 is 11.6. The van der Waals surface area contributed by atoms with Crippen molar-refractivity contribution < 1.29 is 9.50 Å². The van der Waals surface area contributed by atoms with Gasteiger partial charge in [0.15, 0.2) is 0 Å². The molecule has 0 atom stereocenters. The largest absolute Gasteiger partial charge is 0.396 e. The van der Waals surface area contributed by atoms with Gasteiger partial charge in [-0.3, -0.25) is 0 Å². The lowest BCUT2D eigenvalue weighted by Gasteiger charge is -2.23. The van der Waals surface area contributed by atoms with Crippen molar-refractivity contribution in [3.05, 3.63) is 0 Å². The molecule has 0 amide bonds. The quantitative estimate of drug-likeness (QED) is 0.571. The van der Waals surface area contributed by atoms with Crippen LogP contribution in [0.5, 0.6) is 0 Å². The number of hydrogen-bond donors (Lipinski definition) is 2. The number of hydrogen-bond acceptors (Lipinski definition) is 2. The van der Waals surface area contributed by atoms with Gasteiger partial charge in [0, 0.05) is 19.7 Å². The first-order chi connectivity index (χ1) is 5.12. The molecule has 0 saturated heterocycles. The number of rotatable bonds is 6. The molecule has 0 saturated carbocycles. The van der Waals surface area contributed by atoms with E-state index in [4.69, 9.17) is 5.11 Å². The number of nitrogens with one attached hydrogen (secondary N) is 1. The molecule has 0 radical (unpaired) electrons. The minimum atomic E-state index is -0.324. The first-order valence-electron chi connectivity index (χ1n) is 4.00. The molecule has 0 aromatic heterocycles. The van der Waals surface area contributed by atoms with Crippen LogP contribution >= 0.6 is 0 Å². The summed E-state index contributed by atoms with van der Waals surface area (Å²) in [6.07, 6.45) is 0.756. The van der Waals surface area contributed by atoms with Crippen LogP contribution in [0.4, 0.5) is 4.39 Å². The molecule has 0 heterocycles. The first kappa shape index (κ1) is 10.8. The molecule has 0 aliphatic heterocycles. The first-order valence-corrected chi connectivity index (χ1v) is 4.00. The van der Waals surface area contributed by atoms with Gasteiger partial charge in [0.2, 0.25) is 0 Å². The molecule has 0 aliphatic carbocycles. The molecule has 0 unspecified atom stereocenters. The van der Waals surface area contributed by atoms with Gasteiger partial charge in [-0.05, 0) is 11.8 Å². The molecule has 0 fully saturated rings. The van der Waals surface area contributed by atoms with Crippen molar-refractivity contribution in [2.45, 2.75) is 20.3 Å². The fraction of sp³-hybridized carbons (Fsp3) is 1.00. The molecule has 3 heteroatoms. The number of alkyl halides is 1. The van der Waals surface area contributed by atoms with E-state index in [0.29, 0.717) is 6.54 Å². The Morgan fingerprint density at radius 1 is 1.45 bits per heavy atom. The molecule has 0 bridgehead atoms. The Bertz CT molecular complexity index is 96.1.